The molecule has 0 atom stereocenters. The first-order valence-electron chi connectivity index (χ1n) is 19.4. The molecule has 258 valence electrons. The highest BCUT2D eigenvalue weighted by atomic mass is 15.2. The number of fused-ring (bicyclic) bond motifs is 11. The summed E-state index contributed by atoms with van der Waals surface area (Å²) in [6, 6.07) is 72.2. The molecule has 13 rings (SSSR count). The van der Waals surface area contributed by atoms with Crippen molar-refractivity contribution in [2.45, 2.75) is 0 Å². The van der Waals surface area contributed by atoms with E-state index in [9.17, 15) is 0 Å². The number of benzene rings is 11. The standard InChI is InChI=1S/C54H32N2/c1-3-15-43-33(9-1)23-29-49-53(43)45-17-5-11-35-13-7-19-47(51(35)45)55(49)39-25-27-41-37(31-39)21-22-38-32-40(26-28-42(38)41)56-48-20-8-14-36-12-6-18-46(52(36)48)54-44-16-4-2-10-34(44)24-30-50(54)56/h1-32H. The molecule has 56 heavy (non-hydrogen) atoms. The lowest BCUT2D eigenvalue weighted by atomic mass is 9.87. The van der Waals surface area contributed by atoms with E-state index in [0.29, 0.717) is 0 Å². The average molecular weight is 709 g/mol. The summed E-state index contributed by atoms with van der Waals surface area (Å²) in [4.78, 5) is 4.94. The summed E-state index contributed by atoms with van der Waals surface area (Å²) in [5.74, 6) is 0. The van der Waals surface area contributed by atoms with E-state index in [4.69, 9.17) is 0 Å². The van der Waals surface area contributed by atoms with Gasteiger partial charge >= 0.3 is 0 Å². The van der Waals surface area contributed by atoms with Gasteiger partial charge in [-0.3, -0.25) is 0 Å². The minimum Gasteiger partial charge on any atom is -0.309 e. The van der Waals surface area contributed by atoms with Gasteiger partial charge in [0.25, 0.3) is 0 Å². The fourth-order valence-corrected chi connectivity index (χ4v) is 10.0. The zero-order valence-corrected chi connectivity index (χ0v) is 30.4. The van der Waals surface area contributed by atoms with Crippen molar-refractivity contribution in [1.29, 1.82) is 0 Å². The summed E-state index contributed by atoms with van der Waals surface area (Å²) in [7, 11) is 0. The summed E-state index contributed by atoms with van der Waals surface area (Å²) in [6.45, 7) is 0. The van der Waals surface area contributed by atoms with Gasteiger partial charge in [0.05, 0.1) is 22.7 Å². The van der Waals surface area contributed by atoms with Crippen molar-refractivity contribution in [3.05, 3.63) is 194 Å². The maximum Gasteiger partial charge on any atom is 0.0547 e. The quantitative estimate of drug-likeness (QED) is 0.165. The molecule has 0 aliphatic carbocycles. The molecule has 0 amide bonds. The SMILES string of the molecule is c1ccc2c3c(ccc2c1)N(c1ccc2c(ccc4cc(N5c6ccc7ccccc7c6-c6cccc7cccc5c67)ccc42)c1)c1cccc2cccc-3c12. The molecule has 0 saturated heterocycles. The fourth-order valence-electron chi connectivity index (χ4n) is 10.0. The van der Waals surface area contributed by atoms with Gasteiger partial charge in [0.2, 0.25) is 0 Å². The number of rotatable bonds is 2. The van der Waals surface area contributed by atoms with Crippen LogP contribution in [0.3, 0.4) is 0 Å². The summed E-state index contributed by atoms with van der Waals surface area (Å²) in [5, 5.41) is 15.2. The Morgan fingerprint density at radius 1 is 0.250 bits per heavy atom. The zero-order valence-electron chi connectivity index (χ0n) is 30.4. The van der Waals surface area contributed by atoms with Crippen molar-refractivity contribution in [3.8, 4) is 22.3 Å². The van der Waals surface area contributed by atoms with Crippen molar-refractivity contribution >= 4 is 98.8 Å². The van der Waals surface area contributed by atoms with Gasteiger partial charge in [0.15, 0.2) is 0 Å². The topological polar surface area (TPSA) is 6.48 Å². The molecule has 11 aromatic rings. The Labute approximate surface area is 323 Å². The monoisotopic (exact) mass is 708 g/mol. The lowest BCUT2D eigenvalue weighted by Gasteiger charge is -2.34. The number of hydrogen-bond acceptors (Lipinski definition) is 2. The van der Waals surface area contributed by atoms with Gasteiger partial charge in [-0.1, -0.05) is 146 Å². The van der Waals surface area contributed by atoms with Gasteiger partial charge in [-0.05, 0) is 114 Å². The highest BCUT2D eigenvalue weighted by Crippen LogP contribution is 2.55. The third-order valence-electron chi connectivity index (χ3n) is 12.4. The Kier molecular flexibility index (Phi) is 5.92. The van der Waals surface area contributed by atoms with Gasteiger partial charge in [-0.15, -0.1) is 0 Å². The second-order valence-electron chi connectivity index (χ2n) is 15.3. The minimum absolute atomic E-state index is 1.16. The maximum atomic E-state index is 2.47. The van der Waals surface area contributed by atoms with Crippen molar-refractivity contribution < 1.29 is 0 Å². The fraction of sp³-hybridized carbons (Fsp3) is 0. The molecule has 0 bridgehead atoms. The molecule has 2 aliphatic rings. The van der Waals surface area contributed by atoms with Gasteiger partial charge in [0, 0.05) is 33.3 Å². The third kappa shape index (κ3) is 4.00. The van der Waals surface area contributed by atoms with Gasteiger partial charge < -0.3 is 9.80 Å². The van der Waals surface area contributed by atoms with E-state index < -0.39 is 0 Å². The molecule has 2 heterocycles. The van der Waals surface area contributed by atoms with E-state index in [0.717, 1.165) is 11.4 Å². The molecule has 0 aromatic heterocycles. The molecule has 0 unspecified atom stereocenters. The van der Waals surface area contributed by atoms with Crippen LogP contribution < -0.4 is 9.80 Å². The number of hydrogen-bond donors (Lipinski definition) is 0. The Hall–Kier alpha value is -7.42. The smallest absolute Gasteiger partial charge is 0.0547 e. The molecule has 2 aliphatic heterocycles. The van der Waals surface area contributed by atoms with E-state index in [1.165, 1.54) is 110 Å². The molecular formula is C54H32N2. The van der Waals surface area contributed by atoms with E-state index >= 15 is 0 Å². The van der Waals surface area contributed by atoms with Crippen LogP contribution in [0.15, 0.2) is 194 Å². The first-order chi connectivity index (χ1) is 27.8. The molecule has 0 fully saturated rings. The minimum atomic E-state index is 1.16. The van der Waals surface area contributed by atoms with Gasteiger partial charge in [-0.2, -0.15) is 0 Å². The van der Waals surface area contributed by atoms with Crippen LogP contribution >= 0.6 is 0 Å². The van der Waals surface area contributed by atoms with Crippen molar-refractivity contribution in [2.75, 3.05) is 9.80 Å². The summed E-state index contributed by atoms with van der Waals surface area (Å²) >= 11 is 0. The lowest BCUT2D eigenvalue weighted by Crippen LogP contribution is -2.15. The predicted molar refractivity (Wildman–Crippen MR) is 239 cm³/mol. The van der Waals surface area contributed by atoms with Crippen molar-refractivity contribution in [2.24, 2.45) is 0 Å². The molecule has 0 N–H and O–H groups in total. The zero-order chi connectivity index (χ0) is 36.5. The lowest BCUT2D eigenvalue weighted by molar-refractivity contribution is 1.30. The van der Waals surface area contributed by atoms with Crippen LogP contribution in [0.1, 0.15) is 0 Å². The largest absolute Gasteiger partial charge is 0.309 e. The first kappa shape index (κ1) is 30.0. The molecular weight excluding hydrogens is 677 g/mol. The Morgan fingerprint density at radius 3 is 1.14 bits per heavy atom. The molecule has 0 spiro atoms. The van der Waals surface area contributed by atoms with Gasteiger partial charge in [0.1, 0.15) is 0 Å². The highest BCUT2D eigenvalue weighted by molar-refractivity contribution is 6.21. The Balaban J connectivity index is 0.987. The van der Waals surface area contributed by atoms with Crippen LogP contribution in [-0.2, 0) is 0 Å². The normalized spacial score (nSPS) is 12.9. The Bertz CT molecular complexity index is 3260. The van der Waals surface area contributed by atoms with Crippen LogP contribution in [0, 0.1) is 0 Å². The predicted octanol–water partition coefficient (Wildman–Crippen LogP) is 15.5. The van der Waals surface area contributed by atoms with Crippen LogP contribution in [0.25, 0.3) is 86.9 Å². The first-order valence-corrected chi connectivity index (χ1v) is 19.4. The third-order valence-corrected chi connectivity index (χ3v) is 12.4. The Morgan fingerprint density at radius 2 is 0.661 bits per heavy atom. The van der Waals surface area contributed by atoms with E-state index in [2.05, 4.69) is 204 Å². The van der Waals surface area contributed by atoms with Gasteiger partial charge in [-0.25, -0.2) is 0 Å². The number of anilines is 6. The molecule has 0 saturated carbocycles. The van der Waals surface area contributed by atoms with Crippen LogP contribution in [0.5, 0.6) is 0 Å². The van der Waals surface area contributed by atoms with E-state index in [-0.39, 0.29) is 0 Å². The highest BCUT2D eigenvalue weighted by Gasteiger charge is 2.29. The average Bonchev–Trinajstić information content (AvgIpc) is 3.26. The van der Waals surface area contributed by atoms with Crippen LogP contribution in [-0.4, -0.2) is 0 Å². The number of nitrogens with zero attached hydrogens (tertiary/aromatic N) is 2. The molecule has 2 heteroatoms. The summed E-state index contributed by atoms with van der Waals surface area (Å²) in [5.41, 5.74) is 12.4. The van der Waals surface area contributed by atoms with Crippen molar-refractivity contribution in [1.82, 2.24) is 0 Å². The van der Waals surface area contributed by atoms with E-state index in [1.807, 2.05) is 0 Å². The molecule has 2 nitrogen and oxygen atoms in total. The second kappa shape index (κ2) is 11.1. The summed E-state index contributed by atoms with van der Waals surface area (Å²) in [6.07, 6.45) is 0. The van der Waals surface area contributed by atoms with Crippen molar-refractivity contribution in [3.63, 3.8) is 0 Å². The maximum absolute atomic E-state index is 2.47. The van der Waals surface area contributed by atoms with E-state index in [1.54, 1.807) is 0 Å². The molecule has 0 radical (unpaired) electrons. The second-order valence-corrected chi connectivity index (χ2v) is 15.3. The van der Waals surface area contributed by atoms with Crippen LogP contribution in [0.4, 0.5) is 34.1 Å². The molecule has 11 aromatic carbocycles. The van der Waals surface area contributed by atoms with Crippen LogP contribution in [0.2, 0.25) is 0 Å². The summed E-state index contributed by atoms with van der Waals surface area (Å²) < 4.78 is 0.